The lowest BCUT2D eigenvalue weighted by Gasteiger charge is -2.18. The van der Waals surface area contributed by atoms with Crippen LogP contribution in [0.3, 0.4) is 0 Å². The lowest BCUT2D eigenvalue weighted by Crippen LogP contribution is -2.28. The normalized spacial score (nSPS) is 11.6. The van der Waals surface area contributed by atoms with Gasteiger partial charge < -0.3 is 14.8 Å². The Kier molecular flexibility index (Phi) is 7.33. The van der Waals surface area contributed by atoms with E-state index < -0.39 is 0 Å². The summed E-state index contributed by atoms with van der Waals surface area (Å²) >= 11 is 0. The van der Waals surface area contributed by atoms with Crippen LogP contribution in [-0.2, 0) is 4.79 Å². The Morgan fingerprint density at radius 3 is 2.28 bits per heavy atom. The van der Waals surface area contributed by atoms with Crippen molar-refractivity contribution in [3.63, 3.8) is 0 Å². The highest BCUT2D eigenvalue weighted by atomic mass is 16.5. The number of carbonyl (C=O) groups is 1. The van der Waals surface area contributed by atoms with Crippen molar-refractivity contribution in [2.24, 2.45) is 0 Å². The van der Waals surface area contributed by atoms with E-state index in [1.165, 1.54) is 5.56 Å². The van der Waals surface area contributed by atoms with Crippen LogP contribution >= 0.6 is 0 Å². The summed E-state index contributed by atoms with van der Waals surface area (Å²) in [5, 5.41) is 3.11. The van der Waals surface area contributed by atoms with E-state index in [1.54, 1.807) is 7.11 Å². The zero-order valence-corrected chi connectivity index (χ0v) is 15.2. The van der Waals surface area contributed by atoms with E-state index in [2.05, 4.69) is 43.4 Å². The maximum atomic E-state index is 12.2. The molecule has 2 aromatic rings. The minimum atomic E-state index is 0.0609. The molecule has 134 valence electrons. The highest BCUT2D eigenvalue weighted by Crippen LogP contribution is 2.18. The first-order chi connectivity index (χ1) is 12.1. The number of hydrogen-bond donors (Lipinski definition) is 1. The SMILES string of the molecule is CCC(NC(=O)CCCOc1ccc(OC)cc1)c1ccc(C)cc1. The highest BCUT2D eigenvalue weighted by Gasteiger charge is 2.12. The summed E-state index contributed by atoms with van der Waals surface area (Å²) in [7, 11) is 1.63. The van der Waals surface area contributed by atoms with Crippen molar-refractivity contribution in [2.45, 2.75) is 39.2 Å². The Morgan fingerprint density at radius 2 is 1.68 bits per heavy atom. The first-order valence-corrected chi connectivity index (χ1v) is 8.75. The molecular formula is C21H27NO3. The van der Waals surface area contributed by atoms with Gasteiger partial charge >= 0.3 is 0 Å². The van der Waals surface area contributed by atoms with Gasteiger partial charge in [0.1, 0.15) is 11.5 Å². The van der Waals surface area contributed by atoms with Crippen LogP contribution in [0.1, 0.15) is 43.4 Å². The van der Waals surface area contributed by atoms with Crippen molar-refractivity contribution in [1.29, 1.82) is 0 Å². The van der Waals surface area contributed by atoms with Crippen LogP contribution in [0.4, 0.5) is 0 Å². The van der Waals surface area contributed by atoms with Crippen molar-refractivity contribution >= 4 is 5.91 Å². The third-order valence-electron chi connectivity index (χ3n) is 4.10. The highest BCUT2D eigenvalue weighted by molar-refractivity contribution is 5.76. The summed E-state index contributed by atoms with van der Waals surface area (Å²) in [5.41, 5.74) is 2.37. The van der Waals surface area contributed by atoms with E-state index in [-0.39, 0.29) is 11.9 Å². The standard InChI is InChI=1S/C21H27NO3/c1-4-20(17-9-7-16(2)8-10-17)22-21(23)6-5-15-25-19-13-11-18(24-3)12-14-19/h7-14,20H,4-6,15H2,1-3H3,(H,22,23). The van der Waals surface area contributed by atoms with Gasteiger partial charge in [0.15, 0.2) is 0 Å². The molecule has 1 unspecified atom stereocenters. The fourth-order valence-electron chi connectivity index (χ4n) is 2.58. The van der Waals surface area contributed by atoms with E-state index in [4.69, 9.17) is 9.47 Å². The molecule has 4 nitrogen and oxygen atoms in total. The van der Waals surface area contributed by atoms with Crippen LogP contribution in [0, 0.1) is 6.92 Å². The molecular weight excluding hydrogens is 314 g/mol. The van der Waals surface area contributed by atoms with Gasteiger partial charge in [-0.25, -0.2) is 0 Å². The molecule has 0 fully saturated rings. The molecule has 0 aliphatic carbocycles. The van der Waals surface area contributed by atoms with Gasteiger partial charge in [-0.15, -0.1) is 0 Å². The molecule has 25 heavy (non-hydrogen) atoms. The average molecular weight is 341 g/mol. The topological polar surface area (TPSA) is 47.6 Å². The summed E-state index contributed by atoms with van der Waals surface area (Å²) in [6, 6.07) is 15.8. The van der Waals surface area contributed by atoms with Crippen LogP contribution in [0.25, 0.3) is 0 Å². The number of ether oxygens (including phenoxy) is 2. The number of nitrogens with one attached hydrogen (secondary N) is 1. The Balaban J connectivity index is 1.72. The first kappa shape index (κ1) is 18.8. The van der Waals surface area contributed by atoms with Gasteiger partial charge in [0.05, 0.1) is 19.8 Å². The fraction of sp³-hybridized carbons (Fsp3) is 0.381. The van der Waals surface area contributed by atoms with Gasteiger partial charge in [-0.05, 0) is 49.6 Å². The Hall–Kier alpha value is -2.49. The van der Waals surface area contributed by atoms with Gasteiger partial charge in [0.25, 0.3) is 0 Å². The largest absolute Gasteiger partial charge is 0.497 e. The lowest BCUT2D eigenvalue weighted by atomic mass is 10.0. The molecule has 4 heteroatoms. The minimum absolute atomic E-state index is 0.0609. The van der Waals surface area contributed by atoms with Crippen LogP contribution in [-0.4, -0.2) is 19.6 Å². The molecule has 2 rings (SSSR count). The molecule has 0 saturated heterocycles. The zero-order valence-electron chi connectivity index (χ0n) is 15.2. The zero-order chi connectivity index (χ0) is 18.1. The number of benzene rings is 2. The van der Waals surface area contributed by atoms with Crippen LogP contribution in [0.2, 0.25) is 0 Å². The molecule has 0 aromatic heterocycles. The first-order valence-electron chi connectivity index (χ1n) is 8.75. The van der Waals surface area contributed by atoms with Gasteiger partial charge in [-0.3, -0.25) is 4.79 Å². The van der Waals surface area contributed by atoms with Gasteiger partial charge in [0.2, 0.25) is 5.91 Å². The second kappa shape index (κ2) is 9.72. The van der Waals surface area contributed by atoms with E-state index in [0.29, 0.717) is 19.4 Å². The third-order valence-corrected chi connectivity index (χ3v) is 4.10. The molecule has 0 aliphatic heterocycles. The maximum Gasteiger partial charge on any atom is 0.220 e. The average Bonchev–Trinajstić information content (AvgIpc) is 2.64. The Bertz CT molecular complexity index is 650. The molecule has 0 saturated carbocycles. The van der Waals surface area contributed by atoms with Crippen LogP contribution in [0.5, 0.6) is 11.5 Å². The van der Waals surface area contributed by atoms with E-state index in [1.807, 2.05) is 24.3 Å². The van der Waals surface area contributed by atoms with Crippen molar-refractivity contribution in [3.05, 3.63) is 59.7 Å². The number of methoxy groups -OCH3 is 1. The van der Waals surface area contributed by atoms with E-state index in [0.717, 1.165) is 23.5 Å². The molecule has 0 radical (unpaired) electrons. The van der Waals surface area contributed by atoms with Crippen molar-refractivity contribution in [1.82, 2.24) is 5.32 Å². The Morgan fingerprint density at radius 1 is 1.04 bits per heavy atom. The van der Waals surface area contributed by atoms with Gasteiger partial charge in [-0.2, -0.15) is 0 Å². The lowest BCUT2D eigenvalue weighted by molar-refractivity contribution is -0.122. The van der Waals surface area contributed by atoms with Crippen LogP contribution in [0.15, 0.2) is 48.5 Å². The Labute approximate surface area is 150 Å². The second-order valence-corrected chi connectivity index (χ2v) is 6.07. The van der Waals surface area contributed by atoms with E-state index in [9.17, 15) is 4.79 Å². The molecule has 0 aliphatic rings. The van der Waals surface area contributed by atoms with E-state index >= 15 is 0 Å². The molecule has 1 amide bonds. The summed E-state index contributed by atoms with van der Waals surface area (Å²) < 4.78 is 10.8. The molecule has 1 atom stereocenters. The molecule has 0 heterocycles. The minimum Gasteiger partial charge on any atom is -0.497 e. The number of amides is 1. The smallest absolute Gasteiger partial charge is 0.220 e. The predicted octanol–water partition coefficient (Wildman–Crippen LogP) is 4.43. The predicted molar refractivity (Wildman–Crippen MR) is 100 cm³/mol. The van der Waals surface area contributed by atoms with Crippen molar-refractivity contribution in [3.8, 4) is 11.5 Å². The molecule has 0 spiro atoms. The molecule has 0 bridgehead atoms. The summed E-state index contributed by atoms with van der Waals surface area (Å²) in [6.07, 6.45) is 2.01. The van der Waals surface area contributed by atoms with Crippen molar-refractivity contribution in [2.75, 3.05) is 13.7 Å². The summed E-state index contributed by atoms with van der Waals surface area (Å²) in [5.74, 6) is 1.64. The maximum absolute atomic E-state index is 12.2. The fourth-order valence-corrected chi connectivity index (χ4v) is 2.58. The van der Waals surface area contributed by atoms with Gasteiger partial charge in [0, 0.05) is 6.42 Å². The number of rotatable bonds is 9. The summed E-state index contributed by atoms with van der Waals surface area (Å²) in [6.45, 7) is 4.66. The van der Waals surface area contributed by atoms with Crippen molar-refractivity contribution < 1.29 is 14.3 Å². The monoisotopic (exact) mass is 341 g/mol. The summed E-state index contributed by atoms with van der Waals surface area (Å²) in [4.78, 5) is 12.2. The third kappa shape index (κ3) is 6.14. The van der Waals surface area contributed by atoms with Crippen LogP contribution < -0.4 is 14.8 Å². The van der Waals surface area contributed by atoms with Gasteiger partial charge in [-0.1, -0.05) is 36.8 Å². The number of hydrogen-bond acceptors (Lipinski definition) is 3. The number of aryl methyl sites for hydroxylation is 1. The molecule has 1 N–H and O–H groups in total. The quantitative estimate of drug-likeness (QED) is 0.686. The number of carbonyl (C=O) groups excluding carboxylic acids is 1. The molecule has 2 aromatic carbocycles. The second-order valence-electron chi connectivity index (χ2n) is 6.07.